The number of carbonyl (C=O) groups is 1. The van der Waals surface area contributed by atoms with Gasteiger partial charge in [-0.05, 0) is 32.0 Å². The molecule has 1 aliphatic rings. The molecule has 1 amide bonds. The fourth-order valence-electron chi connectivity index (χ4n) is 3.05. The van der Waals surface area contributed by atoms with E-state index in [1.165, 1.54) is 0 Å². The SMILES string of the molecule is CC1CN(C(=O)c2ccccc2COc2ccccc2)CC(C)O1. The van der Waals surface area contributed by atoms with Gasteiger partial charge in [-0.3, -0.25) is 4.79 Å². The summed E-state index contributed by atoms with van der Waals surface area (Å²) >= 11 is 0. The monoisotopic (exact) mass is 325 g/mol. The Labute approximate surface area is 143 Å². The maximum absolute atomic E-state index is 12.9. The van der Waals surface area contributed by atoms with E-state index in [0.29, 0.717) is 25.3 Å². The van der Waals surface area contributed by atoms with E-state index in [-0.39, 0.29) is 18.1 Å². The molecule has 0 N–H and O–H groups in total. The second kappa shape index (κ2) is 7.49. The number of amides is 1. The number of hydrogen-bond donors (Lipinski definition) is 0. The van der Waals surface area contributed by atoms with E-state index in [1.54, 1.807) is 0 Å². The number of carbonyl (C=O) groups excluding carboxylic acids is 1. The number of rotatable bonds is 4. The molecule has 24 heavy (non-hydrogen) atoms. The van der Waals surface area contributed by atoms with E-state index in [2.05, 4.69) is 0 Å². The molecular weight excluding hydrogens is 302 g/mol. The maximum atomic E-state index is 12.9. The third kappa shape index (κ3) is 3.95. The highest BCUT2D eigenvalue weighted by Gasteiger charge is 2.27. The zero-order chi connectivity index (χ0) is 16.9. The first kappa shape index (κ1) is 16.5. The highest BCUT2D eigenvalue weighted by molar-refractivity contribution is 5.95. The van der Waals surface area contributed by atoms with Crippen LogP contribution < -0.4 is 4.74 Å². The highest BCUT2D eigenvalue weighted by atomic mass is 16.5. The van der Waals surface area contributed by atoms with Gasteiger partial charge in [0.15, 0.2) is 0 Å². The fraction of sp³-hybridized carbons (Fsp3) is 0.350. The van der Waals surface area contributed by atoms with Gasteiger partial charge in [-0.1, -0.05) is 36.4 Å². The predicted molar refractivity (Wildman–Crippen MR) is 93.1 cm³/mol. The molecule has 1 saturated heterocycles. The molecule has 0 saturated carbocycles. The van der Waals surface area contributed by atoms with Crippen LogP contribution in [0.2, 0.25) is 0 Å². The molecule has 2 unspecified atom stereocenters. The van der Waals surface area contributed by atoms with E-state index in [9.17, 15) is 4.79 Å². The summed E-state index contributed by atoms with van der Waals surface area (Å²) in [5, 5.41) is 0. The van der Waals surface area contributed by atoms with Crippen molar-refractivity contribution in [1.82, 2.24) is 4.90 Å². The van der Waals surface area contributed by atoms with Crippen LogP contribution in [-0.2, 0) is 11.3 Å². The van der Waals surface area contributed by atoms with E-state index in [0.717, 1.165) is 11.3 Å². The van der Waals surface area contributed by atoms with Gasteiger partial charge >= 0.3 is 0 Å². The van der Waals surface area contributed by atoms with Crippen LogP contribution in [0.25, 0.3) is 0 Å². The molecule has 0 aromatic heterocycles. The quantitative estimate of drug-likeness (QED) is 0.863. The molecule has 4 heteroatoms. The molecule has 4 nitrogen and oxygen atoms in total. The summed E-state index contributed by atoms with van der Waals surface area (Å²) in [6.07, 6.45) is 0.121. The van der Waals surface area contributed by atoms with Crippen LogP contribution in [0.3, 0.4) is 0 Å². The summed E-state index contributed by atoms with van der Waals surface area (Å²) in [5.41, 5.74) is 1.60. The molecule has 2 atom stereocenters. The summed E-state index contributed by atoms with van der Waals surface area (Å²) < 4.78 is 11.5. The molecule has 0 spiro atoms. The Bertz CT molecular complexity index is 676. The highest BCUT2D eigenvalue weighted by Crippen LogP contribution is 2.19. The Morgan fingerprint density at radius 1 is 1.04 bits per heavy atom. The van der Waals surface area contributed by atoms with Crippen molar-refractivity contribution in [3.05, 3.63) is 65.7 Å². The van der Waals surface area contributed by atoms with E-state index in [4.69, 9.17) is 9.47 Å². The molecule has 1 aliphatic heterocycles. The van der Waals surface area contributed by atoms with E-state index >= 15 is 0 Å². The molecule has 1 heterocycles. The van der Waals surface area contributed by atoms with Crippen LogP contribution in [0.4, 0.5) is 0 Å². The van der Waals surface area contributed by atoms with Gasteiger partial charge in [0.1, 0.15) is 12.4 Å². The van der Waals surface area contributed by atoms with Crippen LogP contribution in [-0.4, -0.2) is 36.1 Å². The molecule has 2 aromatic carbocycles. The molecule has 3 rings (SSSR count). The molecule has 0 radical (unpaired) electrons. The first-order chi connectivity index (χ1) is 11.6. The Morgan fingerprint density at radius 2 is 1.67 bits per heavy atom. The predicted octanol–water partition coefficient (Wildman–Crippen LogP) is 3.52. The number of morpholine rings is 1. The number of para-hydroxylation sites is 1. The first-order valence-electron chi connectivity index (χ1n) is 8.34. The van der Waals surface area contributed by atoms with Gasteiger partial charge in [-0.15, -0.1) is 0 Å². The van der Waals surface area contributed by atoms with Crippen molar-refractivity contribution in [3.8, 4) is 5.75 Å². The number of ether oxygens (including phenoxy) is 2. The number of nitrogens with zero attached hydrogens (tertiary/aromatic N) is 1. The van der Waals surface area contributed by atoms with Crippen LogP contribution in [0.1, 0.15) is 29.8 Å². The molecule has 126 valence electrons. The summed E-state index contributed by atoms with van der Waals surface area (Å²) in [6.45, 7) is 5.62. The summed E-state index contributed by atoms with van der Waals surface area (Å²) in [4.78, 5) is 14.8. The van der Waals surface area contributed by atoms with Gasteiger partial charge in [0.05, 0.1) is 12.2 Å². The molecule has 2 aromatic rings. The zero-order valence-corrected chi connectivity index (χ0v) is 14.1. The van der Waals surface area contributed by atoms with Gasteiger partial charge in [0.25, 0.3) is 5.91 Å². The van der Waals surface area contributed by atoms with Crippen molar-refractivity contribution in [1.29, 1.82) is 0 Å². The lowest BCUT2D eigenvalue weighted by Gasteiger charge is -2.35. The van der Waals surface area contributed by atoms with E-state index < -0.39 is 0 Å². The maximum Gasteiger partial charge on any atom is 0.254 e. The van der Waals surface area contributed by atoms with Crippen molar-refractivity contribution in [2.24, 2.45) is 0 Å². The van der Waals surface area contributed by atoms with E-state index in [1.807, 2.05) is 73.3 Å². The van der Waals surface area contributed by atoms with Crippen molar-refractivity contribution >= 4 is 5.91 Å². The third-order valence-corrected chi connectivity index (χ3v) is 4.09. The molecule has 1 fully saturated rings. The summed E-state index contributed by atoms with van der Waals surface area (Å²) in [5.74, 6) is 0.845. The lowest BCUT2D eigenvalue weighted by molar-refractivity contribution is -0.0586. The smallest absolute Gasteiger partial charge is 0.254 e. The standard InChI is InChI=1S/C20H23NO3/c1-15-12-21(13-16(2)24-15)20(22)19-11-7-6-8-17(19)14-23-18-9-4-3-5-10-18/h3-11,15-16H,12-14H2,1-2H3. The Hall–Kier alpha value is -2.33. The van der Waals surface area contributed by atoms with Gasteiger partial charge in [-0.25, -0.2) is 0 Å². The lowest BCUT2D eigenvalue weighted by atomic mass is 10.1. The van der Waals surface area contributed by atoms with Crippen molar-refractivity contribution in [2.75, 3.05) is 13.1 Å². The summed E-state index contributed by atoms with van der Waals surface area (Å²) in [7, 11) is 0. The minimum atomic E-state index is 0.0456. The Morgan fingerprint density at radius 3 is 2.38 bits per heavy atom. The van der Waals surface area contributed by atoms with Crippen LogP contribution >= 0.6 is 0 Å². The normalized spacial score (nSPS) is 20.7. The second-order valence-electron chi connectivity index (χ2n) is 6.23. The zero-order valence-electron chi connectivity index (χ0n) is 14.1. The van der Waals surface area contributed by atoms with Crippen LogP contribution in [0, 0.1) is 0 Å². The molecule has 0 bridgehead atoms. The Kier molecular flexibility index (Phi) is 5.16. The minimum absolute atomic E-state index is 0.0456. The van der Waals surface area contributed by atoms with Crippen molar-refractivity contribution in [3.63, 3.8) is 0 Å². The van der Waals surface area contributed by atoms with Crippen LogP contribution in [0.5, 0.6) is 5.75 Å². The first-order valence-corrected chi connectivity index (χ1v) is 8.34. The van der Waals surface area contributed by atoms with Crippen molar-refractivity contribution in [2.45, 2.75) is 32.7 Å². The topological polar surface area (TPSA) is 38.8 Å². The van der Waals surface area contributed by atoms with Gasteiger partial charge < -0.3 is 14.4 Å². The minimum Gasteiger partial charge on any atom is -0.489 e. The van der Waals surface area contributed by atoms with Gasteiger partial charge in [-0.2, -0.15) is 0 Å². The van der Waals surface area contributed by atoms with Gasteiger partial charge in [0.2, 0.25) is 0 Å². The average molecular weight is 325 g/mol. The Balaban J connectivity index is 1.74. The summed E-state index contributed by atoms with van der Waals surface area (Å²) in [6, 6.07) is 17.3. The molecule has 0 aliphatic carbocycles. The van der Waals surface area contributed by atoms with Gasteiger partial charge in [0, 0.05) is 24.2 Å². The molecular formula is C20H23NO3. The van der Waals surface area contributed by atoms with Crippen LogP contribution in [0.15, 0.2) is 54.6 Å². The average Bonchev–Trinajstić information content (AvgIpc) is 2.59. The lowest BCUT2D eigenvalue weighted by Crippen LogP contribution is -2.48. The number of hydrogen-bond acceptors (Lipinski definition) is 3. The third-order valence-electron chi connectivity index (χ3n) is 4.09. The second-order valence-corrected chi connectivity index (χ2v) is 6.23. The number of benzene rings is 2. The fourth-order valence-corrected chi connectivity index (χ4v) is 3.05. The largest absolute Gasteiger partial charge is 0.489 e. The van der Waals surface area contributed by atoms with Crippen molar-refractivity contribution < 1.29 is 14.3 Å².